The molecule has 0 saturated carbocycles. The number of carbonyl (C=O) groups excluding carboxylic acids is 1. The summed E-state index contributed by atoms with van der Waals surface area (Å²) in [4.78, 5) is 12.4. The summed E-state index contributed by atoms with van der Waals surface area (Å²) in [6, 6.07) is 6.45. The highest BCUT2D eigenvalue weighted by molar-refractivity contribution is 7.17. The molecule has 0 radical (unpaired) electrons. The van der Waals surface area contributed by atoms with Gasteiger partial charge in [-0.15, -0.1) is 11.3 Å². The van der Waals surface area contributed by atoms with Gasteiger partial charge in [0.1, 0.15) is 6.61 Å². The molecule has 3 rings (SSSR count). The number of halogens is 1. The average molecular weight is 249 g/mol. The van der Waals surface area contributed by atoms with Gasteiger partial charge in [0.2, 0.25) is 0 Å². The predicted octanol–water partition coefficient (Wildman–Crippen LogP) is 2.55. The smallest absolute Gasteiger partial charge is 0.258 e. The number of rotatable bonds is 1. The summed E-state index contributed by atoms with van der Waals surface area (Å²) in [6.45, 7) is 0.271. The largest absolute Gasteiger partial charge is 0.485 e. The Bertz CT molecular complexity index is 621. The molecule has 1 aromatic heterocycles. The summed E-state index contributed by atoms with van der Waals surface area (Å²) in [5.41, 5.74) is 6.79. The highest BCUT2D eigenvalue weighted by Gasteiger charge is 2.23. The van der Waals surface area contributed by atoms with E-state index in [9.17, 15) is 9.18 Å². The van der Waals surface area contributed by atoms with Crippen LogP contribution in [-0.2, 0) is 6.61 Å². The van der Waals surface area contributed by atoms with Crippen LogP contribution in [0, 0.1) is 5.82 Å². The minimum Gasteiger partial charge on any atom is -0.485 e. The molecule has 1 aromatic carbocycles. The molecule has 0 aliphatic carbocycles. The molecule has 0 saturated heterocycles. The maximum Gasteiger partial charge on any atom is 0.258 e. The summed E-state index contributed by atoms with van der Waals surface area (Å²) in [5.74, 6) is -0.609. The van der Waals surface area contributed by atoms with Crippen LogP contribution in [-0.4, -0.2) is 5.91 Å². The summed E-state index contributed by atoms with van der Waals surface area (Å²) in [6.07, 6.45) is 0. The van der Waals surface area contributed by atoms with E-state index in [1.807, 2.05) is 0 Å². The molecule has 0 unspecified atom stereocenters. The molecule has 2 aromatic rings. The molecule has 0 spiro atoms. The van der Waals surface area contributed by atoms with Crippen LogP contribution in [0.5, 0.6) is 5.75 Å². The Hall–Kier alpha value is -1.88. The second-order valence-corrected chi connectivity index (χ2v) is 4.79. The fourth-order valence-electron chi connectivity index (χ4n) is 1.87. The number of carbonyl (C=O) groups is 1. The lowest BCUT2D eigenvalue weighted by molar-refractivity contribution is 0.100. The van der Waals surface area contributed by atoms with Crippen LogP contribution in [0.2, 0.25) is 0 Å². The van der Waals surface area contributed by atoms with Gasteiger partial charge >= 0.3 is 0 Å². The lowest BCUT2D eigenvalue weighted by atomic mass is 10.1. The zero-order valence-corrected chi connectivity index (χ0v) is 9.51. The van der Waals surface area contributed by atoms with Crippen molar-refractivity contribution in [2.24, 2.45) is 5.73 Å². The van der Waals surface area contributed by atoms with Crippen LogP contribution in [0.25, 0.3) is 10.4 Å². The van der Waals surface area contributed by atoms with Crippen molar-refractivity contribution in [2.75, 3.05) is 0 Å². The van der Waals surface area contributed by atoms with Gasteiger partial charge in [0.05, 0.1) is 4.88 Å². The van der Waals surface area contributed by atoms with Crippen LogP contribution in [0.4, 0.5) is 4.39 Å². The Morgan fingerprint density at radius 1 is 1.47 bits per heavy atom. The van der Waals surface area contributed by atoms with Gasteiger partial charge in [-0.1, -0.05) is 6.07 Å². The minimum atomic E-state index is -0.470. The number of ether oxygens (including phenoxy) is 1. The molecule has 3 nitrogen and oxygen atoms in total. The Morgan fingerprint density at radius 3 is 3.06 bits per heavy atom. The number of nitrogens with two attached hydrogens (primary N) is 1. The van der Waals surface area contributed by atoms with E-state index in [1.54, 1.807) is 18.2 Å². The van der Waals surface area contributed by atoms with Crippen LogP contribution in [0.15, 0.2) is 24.3 Å². The fourth-order valence-corrected chi connectivity index (χ4v) is 2.91. The molecule has 2 heterocycles. The first kappa shape index (κ1) is 10.3. The van der Waals surface area contributed by atoms with Gasteiger partial charge in [-0.2, -0.15) is 0 Å². The molecule has 0 atom stereocenters. The molecule has 2 N–H and O–H groups in total. The summed E-state index contributed by atoms with van der Waals surface area (Å²) in [5, 5.41) is 0. The number of hydrogen-bond acceptors (Lipinski definition) is 3. The fraction of sp³-hybridized carbons (Fsp3) is 0.0833. The first-order valence-corrected chi connectivity index (χ1v) is 5.82. The van der Waals surface area contributed by atoms with E-state index in [0.717, 1.165) is 10.4 Å². The van der Waals surface area contributed by atoms with Crippen molar-refractivity contribution in [2.45, 2.75) is 6.61 Å². The number of fused-ring (bicyclic) bond motifs is 3. The Balaban J connectivity index is 2.22. The normalized spacial score (nSPS) is 12.5. The Morgan fingerprint density at radius 2 is 2.29 bits per heavy atom. The predicted molar refractivity (Wildman–Crippen MR) is 62.6 cm³/mol. The zero-order valence-electron chi connectivity index (χ0n) is 8.70. The SMILES string of the molecule is NC(=O)c1cc2c(s1)-c1cccc(F)c1OC2. The Labute approximate surface area is 101 Å². The van der Waals surface area contributed by atoms with Crippen molar-refractivity contribution in [3.05, 3.63) is 40.5 Å². The van der Waals surface area contributed by atoms with E-state index < -0.39 is 5.91 Å². The maximum atomic E-state index is 13.5. The van der Waals surface area contributed by atoms with Gasteiger partial charge in [0.25, 0.3) is 5.91 Å². The van der Waals surface area contributed by atoms with E-state index in [4.69, 9.17) is 10.5 Å². The molecule has 1 aliphatic rings. The van der Waals surface area contributed by atoms with Crippen molar-refractivity contribution >= 4 is 17.2 Å². The number of hydrogen-bond donors (Lipinski definition) is 1. The number of para-hydroxylation sites is 1. The Kier molecular flexibility index (Phi) is 2.16. The average Bonchev–Trinajstić information content (AvgIpc) is 2.73. The highest BCUT2D eigenvalue weighted by atomic mass is 32.1. The van der Waals surface area contributed by atoms with E-state index in [1.165, 1.54) is 17.4 Å². The van der Waals surface area contributed by atoms with Crippen molar-refractivity contribution in [1.29, 1.82) is 0 Å². The van der Waals surface area contributed by atoms with Crippen molar-refractivity contribution in [3.8, 4) is 16.2 Å². The third-order valence-corrected chi connectivity index (χ3v) is 3.86. The van der Waals surface area contributed by atoms with E-state index in [-0.39, 0.29) is 18.2 Å². The molecule has 0 bridgehead atoms. The third-order valence-electron chi connectivity index (χ3n) is 2.64. The van der Waals surface area contributed by atoms with Gasteiger partial charge in [-0.3, -0.25) is 4.79 Å². The van der Waals surface area contributed by atoms with Crippen molar-refractivity contribution in [1.82, 2.24) is 0 Å². The molecule has 1 aliphatic heterocycles. The van der Waals surface area contributed by atoms with Gasteiger partial charge in [-0.25, -0.2) is 4.39 Å². The molecule has 86 valence electrons. The monoisotopic (exact) mass is 249 g/mol. The molecule has 0 fully saturated rings. The van der Waals surface area contributed by atoms with Gasteiger partial charge in [-0.05, 0) is 18.2 Å². The van der Waals surface area contributed by atoms with Crippen molar-refractivity contribution < 1.29 is 13.9 Å². The second-order valence-electron chi connectivity index (χ2n) is 3.73. The first-order valence-electron chi connectivity index (χ1n) is 5.01. The van der Waals surface area contributed by atoms with E-state index in [2.05, 4.69) is 0 Å². The first-order chi connectivity index (χ1) is 8.16. The number of benzene rings is 1. The van der Waals surface area contributed by atoms with Crippen LogP contribution < -0.4 is 10.5 Å². The second kappa shape index (κ2) is 3.56. The third kappa shape index (κ3) is 1.51. The lowest BCUT2D eigenvalue weighted by Gasteiger charge is -2.17. The lowest BCUT2D eigenvalue weighted by Crippen LogP contribution is -2.08. The molecule has 17 heavy (non-hydrogen) atoms. The summed E-state index contributed by atoms with van der Waals surface area (Å²) in [7, 11) is 0. The summed E-state index contributed by atoms with van der Waals surface area (Å²) < 4.78 is 18.9. The number of amides is 1. The molecular formula is C12H8FNO2S. The number of primary amides is 1. The van der Waals surface area contributed by atoms with Crippen LogP contribution in [0.1, 0.15) is 15.2 Å². The quantitative estimate of drug-likeness (QED) is 0.844. The van der Waals surface area contributed by atoms with E-state index >= 15 is 0 Å². The molecular weight excluding hydrogens is 241 g/mol. The van der Waals surface area contributed by atoms with Crippen molar-refractivity contribution in [3.63, 3.8) is 0 Å². The highest BCUT2D eigenvalue weighted by Crippen LogP contribution is 2.43. The zero-order chi connectivity index (χ0) is 12.0. The maximum absolute atomic E-state index is 13.5. The van der Waals surface area contributed by atoms with Crippen LogP contribution in [0.3, 0.4) is 0 Å². The van der Waals surface area contributed by atoms with Gasteiger partial charge < -0.3 is 10.5 Å². The standard InChI is InChI=1S/C12H8FNO2S/c13-8-3-1-2-7-10(8)16-5-6-4-9(12(14)15)17-11(6)7/h1-4H,5H2,(H2,14,15). The van der Waals surface area contributed by atoms with E-state index in [0.29, 0.717) is 10.4 Å². The molecule has 1 amide bonds. The molecule has 5 heteroatoms. The van der Waals surface area contributed by atoms with Gasteiger partial charge in [0, 0.05) is 16.0 Å². The van der Waals surface area contributed by atoms with Gasteiger partial charge in [0.15, 0.2) is 11.6 Å². The summed E-state index contributed by atoms with van der Waals surface area (Å²) >= 11 is 1.27. The minimum absolute atomic E-state index is 0.248. The number of thiophene rings is 1. The van der Waals surface area contributed by atoms with Crippen LogP contribution >= 0.6 is 11.3 Å². The topological polar surface area (TPSA) is 52.3 Å².